The number of esters is 2. The van der Waals surface area contributed by atoms with Crippen LogP contribution in [-0.4, -0.2) is 53.5 Å². The molecule has 1 aromatic carbocycles. The van der Waals surface area contributed by atoms with Crippen LogP contribution < -0.4 is 4.74 Å². The normalized spacial score (nSPS) is 21.0. The molecule has 0 saturated carbocycles. The molecule has 0 radical (unpaired) electrons. The van der Waals surface area contributed by atoms with Crippen molar-refractivity contribution in [3.05, 3.63) is 41.1 Å². The molecule has 29 heavy (non-hydrogen) atoms. The van der Waals surface area contributed by atoms with Crippen molar-refractivity contribution >= 4 is 34.8 Å². The molecule has 154 valence electrons. The zero-order valence-electron chi connectivity index (χ0n) is 16.6. The van der Waals surface area contributed by atoms with Crippen LogP contribution in [-0.2, 0) is 23.9 Å². The van der Waals surface area contributed by atoms with Gasteiger partial charge in [-0.15, -0.1) is 0 Å². The molecule has 8 nitrogen and oxygen atoms in total. The minimum atomic E-state index is -0.672. The maximum atomic E-state index is 12.8. The third kappa shape index (κ3) is 4.35. The summed E-state index contributed by atoms with van der Waals surface area (Å²) in [5, 5.41) is 0.260. The number of benzene rings is 1. The fraction of sp³-hybridized carbons (Fsp3) is 0.400. The molecule has 1 aromatic rings. The fourth-order valence-electron chi connectivity index (χ4n) is 3.16. The van der Waals surface area contributed by atoms with Crippen molar-refractivity contribution in [2.24, 2.45) is 4.99 Å². The van der Waals surface area contributed by atoms with E-state index in [0.29, 0.717) is 27.8 Å². The molecule has 9 heteroatoms. The number of methoxy groups -OCH3 is 1. The van der Waals surface area contributed by atoms with Gasteiger partial charge in [0.1, 0.15) is 12.4 Å². The van der Waals surface area contributed by atoms with E-state index in [0.717, 1.165) is 0 Å². The zero-order chi connectivity index (χ0) is 21.1. The molecule has 0 bridgehead atoms. The van der Waals surface area contributed by atoms with Gasteiger partial charge in [-0.1, -0.05) is 23.9 Å². The van der Waals surface area contributed by atoms with Crippen molar-refractivity contribution in [1.29, 1.82) is 0 Å². The van der Waals surface area contributed by atoms with Crippen LogP contribution in [0.5, 0.6) is 5.75 Å². The van der Waals surface area contributed by atoms with Gasteiger partial charge in [0.15, 0.2) is 5.17 Å². The Kier molecular flexibility index (Phi) is 6.39. The summed E-state index contributed by atoms with van der Waals surface area (Å²) in [5.74, 6) is -0.722. The van der Waals surface area contributed by atoms with Gasteiger partial charge in [-0.25, -0.2) is 9.79 Å². The van der Waals surface area contributed by atoms with E-state index in [4.69, 9.17) is 14.2 Å². The van der Waals surface area contributed by atoms with Gasteiger partial charge in [0, 0.05) is 14.0 Å². The summed E-state index contributed by atoms with van der Waals surface area (Å²) in [6.07, 6.45) is 0. The molecule has 0 N–H and O–H groups in total. The first-order chi connectivity index (χ1) is 13.8. The minimum absolute atomic E-state index is 0.0971. The van der Waals surface area contributed by atoms with E-state index < -0.39 is 18.0 Å². The zero-order valence-corrected chi connectivity index (χ0v) is 17.4. The number of aliphatic imine (C=N–C) groups is 1. The van der Waals surface area contributed by atoms with E-state index in [1.165, 1.54) is 30.7 Å². The maximum absolute atomic E-state index is 12.8. The van der Waals surface area contributed by atoms with Crippen molar-refractivity contribution in [2.75, 3.05) is 20.3 Å². The molecule has 2 atom stereocenters. The Balaban J connectivity index is 2.00. The van der Waals surface area contributed by atoms with E-state index >= 15 is 0 Å². The lowest BCUT2D eigenvalue weighted by atomic mass is 9.94. The van der Waals surface area contributed by atoms with Gasteiger partial charge in [0.2, 0.25) is 5.91 Å². The SMILES string of the molecule is COCCOC(=O)C1=C(C)N=C2S[C@@H](C)C(=O)N2[C@@H]1c1ccc(OC(C)=O)cc1. The largest absolute Gasteiger partial charge is 0.460 e. The third-order valence-electron chi connectivity index (χ3n) is 4.46. The summed E-state index contributed by atoms with van der Waals surface area (Å²) >= 11 is 1.36. The van der Waals surface area contributed by atoms with Crippen LogP contribution in [0.1, 0.15) is 32.4 Å². The maximum Gasteiger partial charge on any atom is 0.338 e. The highest BCUT2D eigenvalue weighted by Gasteiger charge is 2.46. The molecule has 0 spiro atoms. The lowest BCUT2D eigenvalue weighted by Gasteiger charge is -2.33. The van der Waals surface area contributed by atoms with E-state index in [9.17, 15) is 14.4 Å². The molecule has 2 aliphatic rings. The van der Waals surface area contributed by atoms with E-state index in [2.05, 4.69) is 4.99 Å². The summed E-state index contributed by atoms with van der Waals surface area (Å²) < 4.78 is 15.3. The number of rotatable bonds is 6. The Hall–Kier alpha value is -2.65. The van der Waals surface area contributed by atoms with Crippen molar-refractivity contribution in [3.8, 4) is 5.75 Å². The second-order valence-corrected chi connectivity index (χ2v) is 7.86. The molecular formula is C20H22N2O6S. The number of amides is 1. The molecule has 1 amide bonds. The first-order valence-corrected chi connectivity index (χ1v) is 9.95. The number of nitrogens with zero attached hydrogens (tertiary/aromatic N) is 2. The van der Waals surface area contributed by atoms with Gasteiger partial charge in [0.25, 0.3) is 0 Å². The molecule has 0 aliphatic carbocycles. The Bertz CT molecular complexity index is 893. The van der Waals surface area contributed by atoms with Crippen LogP contribution in [0, 0.1) is 0 Å². The van der Waals surface area contributed by atoms with Crippen LogP contribution in [0.4, 0.5) is 0 Å². The van der Waals surface area contributed by atoms with Crippen molar-refractivity contribution in [1.82, 2.24) is 4.90 Å². The molecule has 1 saturated heterocycles. The van der Waals surface area contributed by atoms with Gasteiger partial charge in [0.05, 0.1) is 29.2 Å². The molecule has 2 aliphatic heterocycles. The van der Waals surface area contributed by atoms with Gasteiger partial charge >= 0.3 is 11.9 Å². The van der Waals surface area contributed by atoms with E-state index in [-0.39, 0.29) is 24.4 Å². The van der Waals surface area contributed by atoms with E-state index in [1.807, 2.05) is 0 Å². The first kappa shape index (κ1) is 21.1. The molecule has 3 rings (SSSR count). The van der Waals surface area contributed by atoms with Crippen molar-refractivity contribution in [3.63, 3.8) is 0 Å². The van der Waals surface area contributed by atoms with Crippen LogP contribution in [0.2, 0.25) is 0 Å². The number of ether oxygens (including phenoxy) is 3. The van der Waals surface area contributed by atoms with Gasteiger partial charge in [-0.2, -0.15) is 0 Å². The molecule has 0 unspecified atom stereocenters. The predicted molar refractivity (Wildman–Crippen MR) is 107 cm³/mol. The minimum Gasteiger partial charge on any atom is -0.460 e. The standard InChI is InChI=1S/C20H22N2O6S/c1-11-16(19(25)27-10-9-26-4)17(22-18(24)12(2)29-20(22)21-11)14-5-7-15(8-6-14)28-13(3)23/h5-8,12,17H,9-10H2,1-4H3/t12-,17+/m0/s1. The number of amidine groups is 1. The summed E-state index contributed by atoms with van der Waals surface area (Å²) in [7, 11) is 1.52. The Morgan fingerprint density at radius 1 is 1.21 bits per heavy atom. The highest BCUT2D eigenvalue weighted by Crippen LogP contribution is 2.43. The summed E-state index contributed by atoms with van der Waals surface area (Å²) in [6.45, 7) is 5.22. The molecule has 1 fully saturated rings. The lowest BCUT2D eigenvalue weighted by molar-refractivity contribution is -0.141. The highest BCUT2D eigenvalue weighted by molar-refractivity contribution is 8.15. The second kappa shape index (κ2) is 8.79. The Morgan fingerprint density at radius 3 is 2.52 bits per heavy atom. The highest BCUT2D eigenvalue weighted by atomic mass is 32.2. The number of hydrogen-bond acceptors (Lipinski definition) is 8. The van der Waals surface area contributed by atoms with E-state index in [1.54, 1.807) is 38.1 Å². The summed E-state index contributed by atoms with van der Waals surface area (Å²) in [6, 6.07) is 6.03. The van der Waals surface area contributed by atoms with Crippen LogP contribution in [0.15, 0.2) is 40.5 Å². The Morgan fingerprint density at radius 2 is 1.90 bits per heavy atom. The van der Waals surface area contributed by atoms with Crippen LogP contribution >= 0.6 is 11.8 Å². The summed E-state index contributed by atoms with van der Waals surface area (Å²) in [4.78, 5) is 42.8. The average molecular weight is 418 g/mol. The van der Waals surface area contributed by atoms with Crippen molar-refractivity contribution < 1.29 is 28.6 Å². The monoisotopic (exact) mass is 418 g/mol. The number of carbonyl (C=O) groups excluding carboxylic acids is 3. The number of allylic oxidation sites excluding steroid dienone is 1. The van der Waals surface area contributed by atoms with Crippen LogP contribution in [0.25, 0.3) is 0 Å². The second-order valence-electron chi connectivity index (χ2n) is 6.56. The van der Waals surface area contributed by atoms with Gasteiger partial charge < -0.3 is 14.2 Å². The third-order valence-corrected chi connectivity index (χ3v) is 5.51. The van der Waals surface area contributed by atoms with Gasteiger partial charge in [-0.3, -0.25) is 14.5 Å². The lowest BCUT2D eigenvalue weighted by Crippen LogP contribution is -2.40. The van der Waals surface area contributed by atoms with Crippen molar-refractivity contribution in [2.45, 2.75) is 32.1 Å². The molecule has 0 aromatic heterocycles. The molecular weight excluding hydrogens is 396 g/mol. The number of hydrogen-bond donors (Lipinski definition) is 0. The number of fused-ring (bicyclic) bond motifs is 1. The predicted octanol–water partition coefficient (Wildman–Crippen LogP) is 2.45. The summed E-state index contributed by atoms with van der Waals surface area (Å²) in [5.41, 5.74) is 1.49. The smallest absolute Gasteiger partial charge is 0.338 e. The van der Waals surface area contributed by atoms with Gasteiger partial charge in [-0.05, 0) is 31.5 Å². The fourth-order valence-corrected chi connectivity index (χ4v) is 4.19. The Labute approximate surface area is 172 Å². The first-order valence-electron chi connectivity index (χ1n) is 9.07. The number of carbonyl (C=O) groups is 3. The number of thioether (sulfide) groups is 1. The molecule has 2 heterocycles. The van der Waals surface area contributed by atoms with Crippen LogP contribution in [0.3, 0.4) is 0 Å². The topological polar surface area (TPSA) is 94.5 Å². The quantitative estimate of drug-likeness (QED) is 0.398. The average Bonchev–Trinajstić information content (AvgIpc) is 2.94.